The van der Waals surface area contributed by atoms with Crippen LogP contribution in [0.2, 0.25) is 0 Å². The van der Waals surface area contributed by atoms with Crippen molar-refractivity contribution in [2.24, 2.45) is 0 Å². The van der Waals surface area contributed by atoms with E-state index in [4.69, 9.17) is 8.83 Å². The van der Waals surface area contributed by atoms with Crippen molar-refractivity contribution in [3.8, 4) is 0 Å². The molecule has 0 saturated heterocycles. The summed E-state index contributed by atoms with van der Waals surface area (Å²) in [6.45, 7) is 0.930. The highest BCUT2D eigenvalue weighted by atomic mass is 16.5. The second-order valence-corrected chi connectivity index (χ2v) is 7.31. The van der Waals surface area contributed by atoms with Gasteiger partial charge in [0.15, 0.2) is 23.2 Å². The zero-order valence-electron chi connectivity index (χ0n) is 18.1. The average molecular weight is 457 g/mol. The van der Waals surface area contributed by atoms with Gasteiger partial charge in [0.25, 0.3) is 0 Å². The molecular weight excluding hydrogens is 434 g/mol. The summed E-state index contributed by atoms with van der Waals surface area (Å²) in [6, 6.07) is 4.43. The number of rotatable bonds is 11. The normalized spacial score (nSPS) is 12.8. The van der Waals surface area contributed by atoms with Crippen molar-refractivity contribution in [3.63, 3.8) is 0 Å². The molecule has 2 unspecified atom stereocenters. The molecule has 0 spiro atoms. The van der Waals surface area contributed by atoms with Crippen LogP contribution in [0.15, 0.2) is 39.6 Å². The molecule has 11 nitrogen and oxygen atoms in total. The van der Waals surface area contributed by atoms with Gasteiger partial charge in [-0.1, -0.05) is 6.07 Å². The molecular formula is C22H23N3O8. The minimum absolute atomic E-state index is 0.00510. The number of aliphatic hydroxyl groups excluding tert-OH is 2. The minimum atomic E-state index is -0.816. The SMILES string of the molecule is COC(=O)c1coc(C(CO)CC(=O)c2cccc(C(=O)CC(CO)c3nc(C)co3)n2)n1. The van der Waals surface area contributed by atoms with Crippen LogP contribution in [0, 0.1) is 6.92 Å². The first kappa shape index (κ1) is 24.0. The maximum absolute atomic E-state index is 12.8. The molecule has 2 atom stereocenters. The van der Waals surface area contributed by atoms with Crippen LogP contribution in [0.5, 0.6) is 0 Å². The Balaban J connectivity index is 1.71. The first-order valence-corrected chi connectivity index (χ1v) is 10.1. The van der Waals surface area contributed by atoms with Crippen molar-refractivity contribution in [1.29, 1.82) is 0 Å². The molecule has 0 fully saturated rings. The van der Waals surface area contributed by atoms with E-state index in [1.165, 1.54) is 31.6 Å². The van der Waals surface area contributed by atoms with Crippen molar-refractivity contribution in [2.75, 3.05) is 20.3 Å². The van der Waals surface area contributed by atoms with Crippen LogP contribution in [0.3, 0.4) is 0 Å². The lowest BCUT2D eigenvalue weighted by Gasteiger charge is -2.11. The summed E-state index contributed by atoms with van der Waals surface area (Å²) in [5, 5.41) is 19.3. The predicted molar refractivity (Wildman–Crippen MR) is 111 cm³/mol. The Hall–Kier alpha value is -3.70. The summed E-state index contributed by atoms with van der Waals surface area (Å²) >= 11 is 0. The Morgan fingerprint density at radius 2 is 1.42 bits per heavy atom. The number of hydrogen-bond donors (Lipinski definition) is 2. The lowest BCUT2D eigenvalue weighted by Crippen LogP contribution is -2.16. The molecule has 3 heterocycles. The van der Waals surface area contributed by atoms with Gasteiger partial charge in [0.05, 0.1) is 37.9 Å². The topological polar surface area (TPSA) is 166 Å². The fourth-order valence-corrected chi connectivity index (χ4v) is 3.10. The van der Waals surface area contributed by atoms with E-state index in [9.17, 15) is 24.6 Å². The molecule has 0 radical (unpaired) electrons. The van der Waals surface area contributed by atoms with E-state index >= 15 is 0 Å². The van der Waals surface area contributed by atoms with Gasteiger partial charge in [0.2, 0.25) is 5.89 Å². The zero-order chi connectivity index (χ0) is 24.0. The molecule has 33 heavy (non-hydrogen) atoms. The fourth-order valence-electron chi connectivity index (χ4n) is 3.10. The highest BCUT2D eigenvalue weighted by Gasteiger charge is 2.25. The van der Waals surface area contributed by atoms with Crippen LogP contribution in [0.1, 0.15) is 73.6 Å². The predicted octanol–water partition coefficient (Wildman–Crippen LogP) is 1.85. The van der Waals surface area contributed by atoms with Crippen molar-refractivity contribution in [2.45, 2.75) is 31.6 Å². The largest absolute Gasteiger partial charge is 0.464 e. The number of aryl methyl sites for hydroxylation is 1. The van der Waals surface area contributed by atoms with Gasteiger partial charge in [-0.3, -0.25) is 9.59 Å². The Bertz CT molecular complexity index is 1140. The summed E-state index contributed by atoms with van der Waals surface area (Å²) < 4.78 is 15.0. The number of Topliss-reactive ketones (excluding diaryl/α,β-unsaturated/α-hetero) is 2. The fraction of sp³-hybridized carbons (Fsp3) is 0.364. The number of aliphatic hydroxyl groups is 2. The van der Waals surface area contributed by atoms with Gasteiger partial charge >= 0.3 is 5.97 Å². The van der Waals surface area contributed by atoms with Gasteiger partial charge in [-0.15, -0.1) is 0 Å². The van der Waals surface area contributed by atoms with Crippen LogP contribution in [-0.4, -0.2) is 63.0 Å². The van der Waals surface area contributed by atoms with Crippen LogP contribution in [-0.2, 0) is 4.74 Å². The number of carbonyl (C=O) groups is 3. The molecule has 0 amide bonds. The number of ether oxygens (including phenoxy) is 1. The van der Waals surface area contributed by atoms with Crippen molar-refractivity contribution < 1.29 is 38.2 Å². The molecule has 0 saturated carbocycles. The number of nitrogens with zero attached hydrogens (tertiary/aromatic N) is 3. The Labute approximate surface area is 188 Å². The second-order valence-electron chi connectivity index (χ2n) is 7.31. The summed E-state index contributed by atoms with van der Waals surface area (Å²) in [5.41, 5.74) is 0.618. The molecule has 11 heteroatoms. The monoisotopic (exact) mass is 457 g/mol. The Morgan fingerprint density at radius 3 is 1.91 bits per heavy atom. The highest BCUT2D eigenvalue weighted by molar-refractivity contribution is 5.98. The Kier molecular flexibility index (Phi) is 7.80. The van der Waals surface area contributed by atoms with Crippen molar-refractivity contribution in [1.82, 2.24) is 15.0 Å². The first-order valence-electron chi connectivity index (χ1n) is 10.1. The summed E-state index contributed by atoms with van der Waals surface area (Å²) in [5.74, 6) is -2.76. The number of hydrogen-bond acceptors (Lipinski definition) is 11. The molecule has 0 aromatic carbocycles. The number of aromatic nitrogens is 3. The number of methoxy groups -OCH3 is 1. The Morgan fingerprint density at radius 1 is 0.879 bits per heavy atom. The van der Waals surface area contributed by atoms with Gasteiger partial charge in [-0.05, 0) is 19.1 Å². The van der Waals surface area contributed by atoms with Gasteiger partial charge in [0.1, 0.15) is 23.9 Å². The second kappa shape index (κ2) is 10.7. The molecule has 0 aliphatic rings. The van der Waals surface area contributed by atoms with Crippen LogP contribution < -0.4 is 0 Å². The van der Waals surface area contributed by atoms with E-state index in [-0.39, 0.29) is 48.3 Å². The van der Waals surface area contributed by atoms with Gasteiger partial charge < -0.3 is 23.8 Å². The third-order valence-electron chi connectivity index (χ3n) is 4.88. The number of carbonyl (C=O) groups excluding carboxylic acids is 3. The smallest absolute Gasteiger partial charge is 0.360 e. The lowest BCUT2D eigenvalue weighted by atomic mass is 9.99. The van der Waals surface area contributed by atoms with E-state index in [2.05, 4.69) is 19.7 Å². The minimum Gasteiger partial charge on any atom is -0.464 e. The third kappa shape index (κ3) is 5.76. The van der Waals surface area contributed by atoms with Crippen LogP contribution in [0.4, 0.5) is 0 Å². The molecule has 3 aromatic rings. The molecule has 3 rings (SSSR count). The van der Waals surface area contributed by atoms with E-state index in [0.717, 1.165) is 6.26 Å². The van der Waals surface area contributed by atoms with Crippen LogP contribution in [0.25, 0.3) is 0 Å². The number of pyridine rings is 1. The molecule has 3 aromatic heterocycles. The molecule has 0 aliphatic heterocycles. The molecule has 174 valence electrons. The van der Waals surface area contributed by atoms with Gasteiger partial charge in [-0.2, -0.15) is 0 Å². The highest BCUT2D eigenvalue weighted by Crippen LogP contribution is 2.23. The van der Waals surface area contributed by atoms with E-state index in [1.807, 2.05) is 0 Å². The maximum Gasteiger partial charge on any atom is 0.360 e. The molecule has 0 bridgehead atoms. The van der Waals surface area contributed by atoms with Crippen molar-refractivity contribution in [3.05, 3.63) is 65.3 Å². The summed E-state index contributed by atoms with van der Waals surface area (Å²) in [4.78, 5) is 49.2. The maximum atomic E-state index is 12.8. The zero-order valence-corrected chi connectivity index (χ0v) is 18.1. The van der Waals surface area contributed by atoms with Crippen LogP contribution >= 0.6 is 0 Å². The first-order chi connectivity index (χ1) is 15.9. The quantitative estimate of drug-likeness (QED) is 0.319. The molecule has 2 N–H and O–H groups in total. The number of esters is 1. The van der Waals surface area contributed by atoms with E-state index in [0.29, 0.717) is 5.69 Å². The van der Waals surface area contributed by atoms with E-state index < -0.39 is 36.0 Å². The summed E-state index contributed by atoms with van der Waals surface area (Å²) in [6.07, 6.45) is 2.20. The van der Waals surface area contributed by atoms with Gasteiger partial charge in [0, 0.05) is 12.8 Å². The average Bonchev–Trinajstić information content (AvgIpc) is 3.49. The van der Waals surface area contributed by atoms with E-state index in [1.54, 1.807) is 6.92 Å². The van der Waals surface area contributed by atoms with Crippen molar-refractivity contribution >= 4 is 17.5 Å². The van der Waals surface area contributed by atoms with Gasteiger partial charge in [-0.25, -0.2) is 19.7 Å². The lowest BCUT2D eigenvalue weighted by molar-refractivity contribution is 0.0593. The molecule has 0 aliphatic carbocycles. The number of ketones is 2. The third-order valence-corrected chi connectivity index (χ3v) is 4.88. The summed E-state index contributed by atoms with van der Waals surface area (Å²) in [7, 11) is 1.19. The standard InChI is InChI=1S/C22H23N3O8/c1-12-10-32-20(23-12)13(8-26)6-18(28)15-4-3-5-16(24-15)19(29)7-14(9-27)21-25-17(11-33-21)22(30)31-2/h3-5,10-11,13-14,26-27H,6-9H2,1-2H3. The number of oxazole rings is 2.